The van der Waals surface area contributed by atoms with Gasteiger partial charge in [-0.15, -0.1) is 11.3 Å². The largest absolute Gasteiger partial charge is 0.325 e. The van der Waals surface area contributed by atoms with Gasteiger partial charge in [-0.05, 0) is 24.3 Å². The van der Waals surface area contributed by atoms with E-state index < -0.39 is 0 Å². The molecule has 1 aliphatic heterocycles. The lowest BCUT2D eigenvalue weighted by atomic mass is 10.2. The molecule has 1 saturated heterocycles. The Labute approximate surface area is 183 Å². The molecule has 0 saturated carbocycles. The summed E-state index contributed by atoms with van der Waals surface area (Å²) in [6.45, 7) is 2.45. The Bertz CT molecular complexity index is 1030. The fourth-order valence-corrected chi connectivity index (χ4v) is 4.00. The van der Waals surface area contributed by atoms with E-state index in [9.17, 15) is 14.0 Å². The Kier molecular flexibility index (Phi) is 6.54. The molecular weight excluding hydrogens is 417 g/mol. The number of halogens is 1. The van der Waals surface area contributed by atoms with Gasteiger partial charge in [0.1, 0.15) is 5.82 Å². The lowest BCUT2D eigenvalue weighted by Crippen LogP contribution is -2.51. The molecule has 0 atom stereocenters. The molecular formula is C22H22FN5O2S. The molecule has 2 N–H and O–H groups in total. The number of hydrogen-bond acceptors (Lipinski definition) is 5. The predicted octanol–water partition coefficient (Wildman–Crippen LogP) is 3.74. The van der Waals surface area contributed by atoms with Crippen LogP contribution in [0, 0.1) is 5.82 Å². The van der Waals surface area contributed by atoms with Crippen LogP contribution in [0.3, 0.4) is 0 Å². The van der Waals surface area contributed by atoms with Crippen LogP contribution >= 0.6 is 11.3 Å². The van der Waals surface area contributed by atoms with Crippen molar-refractivity contribution in [2.45, 2.75) is 0 Å². The molecule has 0 aliphatic carbocycles. The minimum absolute atomic E-state index is 0.166. The zero-order chi connectivity index (χ0) is 21.6. The Morgan fingerprint density at radius 2 is 1.68 bits per heavy atom. The quantitative estimate of drug-likeness (QED) is 0.635. The molecule has 7 nitrogen and oxygen atoms in total. The number of anilines is 2. The second-order valence-electron chi connectivity index (χ2n) is 7.15. The maximum Gasteiger partial charge on any atom is 0.323 e. The molecule has 0 spiro atoms. The maximum atomic E-state index is 13.0. The van der Waals surface area contributed by atoms with Crippen LogP contribution in [0.5, 0.6) is 0 Å². The molecule has 31 heavy (non-hydrogen) atoms. The third-order valence-corrected chi connectivity index (χ3v) is 5.70. The van der Waals surface area contributed by atoms with Crippen molar-refractivity contribution in [3.05, 3.63) is 65.8 Å². The summed E-state index contributed by atoms with van der Waals surface area (Å²) in [4.78, 5) is 33.0. The lowest BCUT2D eigenvalue weighted by Gasteiger charge is -2.34. The van der Waals surface area contributed by atoms with Crippen molar-refractivity contribution < 1.29 is 14.0 Å². The standard InChI is InChI=1S/C22H22FN5O2S/c23-17-6-8-18(9-7-17)24-20(29)14-27-10-12-28(13-11-27)22(30)26-21-25-19(15-31-21)16-4-2-1-3-5-16/h1-9,15H,10-14H2,(H,24,29)(H,25,26,30). The molecule has 2 aromatic carbocycles. The number of nitrogens with one attached hydrogen (secondary N) is 2. The Balaban J connectivity index is 1.23. The molecule has 0 radical (unpaired) electrons. The van der Waals surface area contributed by atoms with E-state index in [1.807, 2.05) is 40.6 Å². The van der Waals surface area contributed by atoms with E-state index >= 15 is 0 Å². The summed E-state index contributed by atoms with van der Waals surface area (Å²) in [5.41, 5.74) is 2.40. The molecule has 3 amide bonds. The topological polar surface area (TPSA) is 77.6 Å². The summed E-state index contributed by atoms with van der Waals surface area (Å²) in [5.74, 6) is -0.512. The van der Waals surface area contributed by atoms with Crippen LogP contribution in [-0.2, 0) is 4.79 Å². The highest BCUT2D eigenvalue weighted by atomic mass is 32.1. The van der Waals surface area contributed by atoms with Crippen LogP contribution in [0.4, 0.5) is 20.0 Å². The first-order chi connectivity index (χ1) is 15.1. The molecule has 3 aromatic rings. The number of carbonyl (C=O) groups is 2. The first-order valence-corrected chi connectivity index (χ1v) is 10.8. The van der Waals surface area contributed by atoms with Crippen LogP contribution in [-0.4, -0.2) is 59.4 Å². The van der Waals surface area contributed by atoms with Gasteiger partial charge in [-0.1, -0.05) is 30.3 Å². The highest BCUT2D eigenvalue weighted by molar-refractivity contribution is 7.14. The lowest BCUT2D eigenvalue weighted by molar-refractivity contribution is -0.117. The molecule has 0 unspecified atom stereocenters. The fourth-order valence-electron chi connectivity index (χ4n) is 3.29. The number of carbonyl (C=O) groups excluding carboxylic acids is 2. The van der Waals surface area contributed by atoms with Gasteiger partial charge in [-0.25, -0.2) is 14.2 Å². The number of thiazole rings is 1. The minimum atomic E-state index is -0.346. The Hall–Kier alpha value is -3.30. The Morgan fingerprint density at radius 1 is 0.968 bits per heavy atom. The van der Waals surface area contributed by atoms with Gasteiger partial charge in [0, 0.05) is 42.8 Å². The number of rotatable bonds is 5. The SMILES string of the molecule is O=C(CN1CCN(C(=O)Nc2nc(-c3ccccc3)cs2)CC1)Nc1ccc(F)cc1. The van der Waals surface area contributed by atoms with Gasteiger partial charge >= 0.3 is 6.03 Å². The minimum Gasteiger partial charge on any atom is -0.325 e. The first kappa shape index (κ1) is 21.0. The first-order valence-electron chi connectivity index (χ1n) is 9.91. The van der Waals surface area contributed by atoms with Crippen LogP contribution in [0.1, 0.15) is 0 Å². The third kappa shape index (κ3) is 5.65. The van der Waals surface area contributed by atoms with Gasteiger partial charge < -0.3 is 10.2 Å². The van der Waals surface area contributed by atoms with Crippen molar-refractivity contribution in [1.29, 1.82) is 0 Å². The van der Waals surface area contributed by atoms with Crippen molar-refractivity contribution >= 4 is 34.1 Å². The summed E-state index contributed by atoms with van der Waals surface area (Å²) in [5, 5.41) is 8.09. The molecule has 9 heteroatoms. The van der Waals surface area contributed by atoms with E-state index in [1.54, 1.807) is 4.90 Å². The van der Waals surface area contributed by atoms with E-state index in [0.717, 1.165) is 11.3 Å². The number of piperazine rings is 1. The molecule has 1 fully saturated rings. The van der Waals surface area contributed by atoms with Gasteiger partial charge in [-0.2, -0.15) is 0 Å². The second kappa shape index (κ2) is 9.67. The smallest absolute Gasteiger partial charge is 0.323 e. The van der Waals surface area contributed by atoms with E-state index in [2.05, 4.69) is 15.6 Å². The molecule has 0 bridgehead atoms. The molecule has 1 aromatic heterocycles. The van der Waals surface area contributed by atoms with Crippen LogP contribution in [0.15, 0.2) is 60.0 Å². The van der Waals surface area contributed by atoms with Gasteiger partial charge in [-0.3, -0.25) is 15.0 Å². The highest BCUT2D eigenvalue weighted by Crippen LogP contribution is 2.24. The van der Waals surface area contributed by atoms with Crippen LogP contribution in [0.2, 0.25) is 0 Å². The summed E-state index contributed by atoms with van der Waals surface area (Å²) < 4.78 is 13.0. The predicted molar refractivity (Wildman–Crippen MR) is 120 cm³/mol. The van der Waals surface area contributed by atoms with Gasteiger partial charge in [0.05, 0.1) is 12.2 Å². The molecule has 1 aliphatic rings. The zero-order valence-electron chi connectivity index (χ0n) is 16.8. The number of hydrogen-bond donors (Lipinski definition) is 2. The fraction of sp³-hybridized carbons (Fsp3) is 0.227. The van der Waals surface area contributed by atoms with Crippen LogP contribution < -0.4 is 10.6 Å². The molecule has 4 rings (SSSR count). The van der Waals surface area contributed by atoms with Gasteiger partial charge in [0.15, 0.2) is 5.13 Å². The van der Waals surface area contributed by atoms with Crippen molar-refractivity contribution in [1.82, 2.24) is 14.8 Å². The third-order valence-electron chi connectivity index (χ3n) is 4.94. The number of benzene rings is 2. The second-order valence-corrected chi connectivity index (χ2v) is 8.01. The number of amides is 3. The van der Waals surface area contributed by atoms with E-state index in [0.29, 0.717) is 37.0 Å². The number of nitrogens with zero attached hydrogens (tertiary/aromatic N) is 3. The monoisotopic (exact) mass is 439 g/mol. The average Bonchev–Trinajstić information content (AvgIpc) is 3.25. The number of aromatic nitrogens is 1. The summed E-state index contributed by atoms with van der Waals surface area (Å²) in [6.07, 6.45) is 0. The van der Waals surface area contributed by atoms with E-state index in [-0.39, 0.29) is 24.3 Å². The zero-order valence-corrected chi connectivity index (χ0v) is 17.6. The van der Waals surface area contributed by atoms with Gasteiger partial charge in [0.25, 0.3) is 0 Å². The average molecular weight is 440 g/mol. The molecule has 160 valence electrons. The normalized spacial score (nSPS) is 14.3. The van der Waals surface area contributed by atoms with Crippen LogP contribution in [0.25, 0.3) is 11.3 Å². The van der Waals surface area contributed by atoms with Crippen molar-refractivity contribution in [2.75, 3.05) is 43.4 Å². The summed E-state index contributed by atoms with van der Waals surface area (Å²) in [6, 6.07) is 15.3. The van der Waals surface area contributed by atoms with Crippen molar-refractivity contribution in [2.24, 2.45) is 0 Å². The summed E-state index contributed by atoms with van der Waals surface area (Å²) in [7, 11) is 0. The maximum absolute atomic E-state index is 13.0. The highest BCUT2D eigenvalue weighted by Gasteiger charge is 2.23. The molecule has 2 heterocycles. The van der Waals surface area contributed by atoms with Crippen molar-refractivity contribution in [3.63, 3.8) is 0 Å². The van der Waals surface area contributed by atoms with Crippen molar-refractivity contribution in [3.8, 4) is 11.3 Å². The number of urea groups is 1. The van der Waals surface area contributed by atoms with Gasteiger partial charge in [0.2, 0.25) is 5.91 Å². The van der Waals surface area contributed by atoms with E-state index in [1.165, 1.54) is 35.6 Å². The summed E-state index contributed by atoms with van der Waals surface area (Å²) >= 11 is 1.39. The Morgan fingerprint density at radius 3 is 2.39 bits per heavy atom. The van der Waals surface area contributed by atoms with E-state index in [4.69, 9.17) is 0 Å².